The van der Waals surface area contributed by atoms with E-state index in [1.807, 2.05) is 0 Å². The number of carbonyl (C=O) groups excluding carboxylic acids is 2. The molecule has 1 aliphatic rings. The van der Waals surface area contributed by atoms with E-state index in [4.69, 9.17) is 16.3 Å². The van der Waals surface area contributed by atoms with Crippen LogP contribution in [0.1, 0.15) is 22.2 Å². The van der Waals surface area contributed by atoms with E-state index >= 15 is 0 Å². The number of halogens is 2. The Morgan fingerprint density at radius 2 is 1.90 bits per heavy atom. The molecule has 3 aromatic rings. The van der Waals surface area contributed by atoms with Crippen LogP contribution in [0.15, 0.2) is 48.0 Å². The van der Waals surface area contributed by atoms with Crippen molar-refractivity contribution in [3.8, 4) is 5.75 Å². The monoisotopic (exact) mass is 459 g/mol. The summed E-state index contributed by atoms with van der Waals surface area (Å²) in [5.41, 5.74) is 0.241. The number of Topliss-reactive ketones (excluding diaryl/α,β-unsaturated/α-hetero) is 1. The first-order valence-corrected chi connectivity index (χ1v) is 10.2. The second-order valence-electron chi connectivity index (χ2n) is 6.67. The van der Waals surface area contributed by atoms with Crippen molar-refractivity contribution in [2.45, 2.75) is 13.0 Å². The number of carbonyl (C=O) groups is 2. The van der Waals surface area contributed by atoms with E-state index in [-0.39, 0.29) is 22.0 Å². The Balaban J connectivity index is 1.98. The highest BCUT2D eigenvalue weighted by atomic mass is 35.5. The summed E-state index contributed by atoms with van der Waals surface area (Å²) in [7, 11) is 1.35. The van der Waals surface area contributed by atoms with Gasteiger partial charge in [0.25, 0.3) is 5.78 Å². The van der Waals surface area contributed by atoms with E-state index in [0.717, 1.165) is 23.5 Å². The van der Waals surface area contributed by atoms with Gasteiger partial charge in [-0.25, -0.2) is 4.39 Å². The third-order valence-corrected chi connectivity index (χ3v) is 5.86. The number of ketones is 1. The highest BCUT2D eigenvalue weighted by Gasteiger charge is 2.48. The first-order valence-electron chi connectivity index (χ1n) is 9.02. The maximum absolute atomic E-state index is 13.9. The van der Waals surface area contributed by atoms with Gasteiger partial charge in [-0.2, -0.15) is 0 Å². The molecule has 0 radical (unpaired) electrons. The molecule has 1 atom stereocenters. The summed E-state index contributed by atoms with van der Waals surface area (Å²) in [6.07, 6.45) is 0. The van der Waals surface area contributed by atoms with E-state index in [1.165, 1.54) is 18.1 Å². The van der Waals surface area contributed by atoms with Crippen molar-refractivity contribution in [2.24, 2.45) is 0 Å². The molecule has 158 valence electrons. The number of ether oxygens (including phenoxy) is 1. The number of hydrogen-bond acceptors (Lipinski definition) is 7. The molecular weight excluding hydrogens is 445 g/mol. The summed E-state index contributed by atoms with van der Waals surface area (Å²) in [5.74, 6) is -2.87. The topological polar surface area (TPSA) is 92.6 Å². The maximum atomic E-state index is 13.9. The number of amides is 1. The molecule has 2 aromatic carbocycles. The fourth-order valence-electron chi connectivity index (χ4n) is 3.38. The summed E-state index contributed by atoms with van der Waals surface area (Å²) in [4.78, 5) is 27.2. The first kappa shape index (κ1) is 21.0. The van der Waals surface area contributed by atoms with Gasteiger partial charge in [-0.15, -0.1) is 10.2 Å². The van der Waals surface area contributed by atoms with E-state index in [0.29, 0.717) is 15.6 Å². The number of aliphatic hydroxyl groups excluding tert-OH is 1. The van der Waals surface area contributed by atoms with Crippen LogP contribution in [0.2, 0.25) is 5.02 Å². The number of benzene rings is 2. The van der Waals surface area contributed by atoms with Crippen LogP contribution >= 0.6 is 22.9 Å². The fraction of sp³-hybridized carbons (Fsp3) is 0.143. The zero-order valence-corrected chi connectivity index (χ0v) is 17.9. The van der Waals surface area contributed by atoms with Crippen LogP contribution in [0.25, 0.3) is 5.76 Å². The number of nitrogens with zero attached hydrogens (tertiary/aromatic N) is 3. The van der Waals surface area contributed by atoms with Gasteiger partial charge in [-0.05, 0) is 42.8 Å². The Labute approximate surface area is 185 Å². The normalized spacial score (nSPS) is 17.9. The molecule has 0 spiro atoms. The summed E-state index contributed by atoms with van der Waals surface area (Å²) in [5, 5.41) is 20.2. The zero-order valence-electron chi connectivity index (χ0n) is 16.3. The smallest absolute Gasteiger partial charge is 0.301 e. The third kappa shape index (κ3) is 3.66. The molecule has 1 aliphatic heterocycles. The van der Waals surface area contributed by atoms with Crippen LogP contribution in [0.4, 0.5) is 9.52 Å². The molecule has 1 fully saturated rings. The lowest BCUT2D eigenvalue weighted by atomic mass is 9.95. The van der Waals surface area contributed by atoms with Crippen LogP contribution < -0.4 is 9.64 Å². The largest absolute Gasteiger partial charge is 0.507 e. The molecule has 0 unspecified atom stereocenters. The summed E-state index contributed by atoms with van der Waals surface area (Å²) < 4.78 is 19.1. The Morgan fingerprint density at radius 3 is 2.52 bits per heavy atom. The van der Waals surface area contributed by atoms with E-state index in [2.05, 4.69) is 10.2 Å². The minimum absolute atomic E-state index is 0.0482. The Morgan fingerprint density at radius 1 is 1.19 bits per heavy atom. The lowest BCUT2D eigenvalue weighted by Crippen LogP contribution is -2.29. The van der Waals surface area contributed by atoms with Gasteiger partial charge < -0.3 is 9.84 Å². The van der Waals surface area contributed by atoms with Crippen LogP contribution in [0.5, 0.6) is 5.75 Å². The van der Waals surface area contributed by atoms with E-state index in [1.54, 1.807) is 31.2 Å². The molecule has 1 aromatic heterocycles. The number of aliphatic hydroxyl groups is 1. The van der Waals surface area contributed by atoms with Gasteiger partial charge in [0.15, 0.2) is 0 Å². The lowest BCUT2D eigenvalue weighted by Gasteiger charge is -2.22. The van der Waals surface area contributed by atoms with Gasteiger partial charge in [-0.3, -0.25) is 14.5 Å². The van der Waals surface area contributed by atoms with Crippen molar-refractivity contribution in [3.63, 3.8) is 0 Å². The van der Waals surface area contributed by atoms with Gasteiger partial charge >= 0.3 is 5.91 Å². The number of methoxy groups -OCH3 is 1. The number of aryl methyl sites for hydroxylation is 1. The number of hydrogen-bond donors (Lipinski definition) is 1. The highest BCUT2D eigenvalue weighted by Crippen LogP contribution is 2.44. The molecule has 31 heavy (non-hydrogen) atoms. The van der Waals surface area contributed by atoms with Crippen molar-refractivity contribution >= 4 is 45.5 Å². The predicted molar refractivity (Wildman–Crippen MR) is 114 cm³/mol. The van der Waals surface area contributed by atoms with Crippen LogP contribution in [0.3, 0.4) is 0 Å². The third-order valence-electron chi connectivity index (χ3n) is 4.77. The van der Waals surface area contributed by atoms with E-state index < -0.39 is 29.3 Å². The zero-order chi connectivity index (χ0) is 22.3. The molecule has 1 N–H and O–H groups in total. The van der Waals surface area contributed by atoms with Crippen LogP contribution in [-0.2, 0) is 9.59 Å². The predicted octanol–water partition coefficient (Wildman–Crippen LogP) is 4.27. The Kier molecular flexibility index (Phi) is 5.47. The van der Waals surface area contributed by atoms with Gasteiger partial charge in [0.2, 0.25) is 5.13 Å². The van der Waals surface area contributed by atoms with Crippen molar-refractivity contribution in [2.75, 3.05) is 12.0 Å². The average molecular weight is 460 g/mol. The number of anilines is 1. The molecule has 0 saturated carbocycles. The van der Waals surface area contributed by atoms with Gasteiger partial charge in [0.1, 0.15) is 22.3 Å². The SMILES string of the molecule is COc1ccc(F)cc1C(O)=C1C(=O)C(=O)N(c2nnc(C)s2)[C@H]1c1ccc(Cl)cc1. The molecule has 0 bridgehead atoms. The van der Waals surface area contributed by atoms with E-state index in [9.17, 15) is 19.1 Å². The minimum atomic E-state index is -1.02. The van der Waals surface area contributed by atoms with Crippen LogP contribution in [0, 0.1) is 12.7 Å². The maximum Gasteiger partial charge on any atom is 0.301 e. The molecule has 10 heteroatoms. The van der Waals surface area contributed by atoms with Crippen molar-refractivity contribution in [1.29, 1.82) is 0 Å². The Bertz CT molecular complexity index is 1230. The average Bonchev–Trinajstić information content (AvgIpc) is 3.29. The standard InChI is InChI=1S/C21H15ClFN3O4S/c1-10-24-25-21(31-10)26-17(11-3-5-12(22)6-4-11)16(19(28)20(26)29)18(27)14-9-13(23)7-8-15(14)30-2/h3-9,17,27H,1-2H3/t17-/m0/s1. The van der Waals surface area contributed by atoms with Gasteiger partial charge in [-0.1, -0.05) is 35.1 Å². The van der Waals surface area contributed by atoms with Crippen molar-refractivity contribution < 1.29 is 23.8 Å². The first-order chi connectivity index (χ1) is 14.8. The second-order valence-corrected chi connectivity index (χ2v) is 8.27. The highest BCUT2D eigenvalue weighted by molar-refractivity contribution is 7.15. The quantitative estimate of drug-likeness (QED) is 0.356. The molecular formula is C21H15ClFN3O4S. The fourth-order valence-corrected chi connectivity index (χ4v) is 4.22. The molecule has 0 aliphatic carbocycles. The van der Waals surface area contributed by atoms with Gasteiger partial charge in [0.05, 0.1) is 24.3 Å². The minimum Gasteiger partial charge on any atom is -0.507 e. The van der Waals surface area contributed by atoms with Crippen molar-refractivity contribution in [3.05, 3.63) is 75.0 Å². The lowest BCUT2D eigenvalue weighted by molar-refractivity contribution is -0.132. The van der Waals surface area contributed by atoms with Gasteiger partial charge in [0, 0.05) is 5.02 Å². The molecule has 1 amide bonds. The molecule has 4 rings (SSSR count). The molecule has 2 heterocycles. The second kappa shape index (κ2) is 8.09. The van der Waals surface area contributed by atoms with Crippen LogP contribution in [-0.4, -0.2) is 34.1 Å². The molecule has 1 saturated heterocycles. The number of aromatic nitrogens is 2. The Hall–Kier alpha value is -3.30. The summed E-state index contributed by atoms with van der Waals surface area (Å²) in [6.45, 7) is 1.71. The number of rotatable bonds is 4. The van der Waals surface area contributed by atoms with Crippen molar-refractivity contribution in [1.82, 2.24) is 10.2 Å². The summed E-state index contributed by atoms with van der Waals surface area (Å²) in [6, 6.07) is 8.98. The summed E-state index contributed by atoms with van der Waals surface area (Å²) >= 11 is 7.12. The molecule has 7 nitrogen and oxygen atoms in total.